The summed E-state index contributed by atoms with van der Waals surface area (Å²) < 4.78 is 15.2. The van der Waals surface area contributed by atoms with Crippen molar-refractivity contribution in [3.63, 3.8) is 0 Å². The number of hydrogen-bond donors (Lipinski definition) is 2. The molecular formula is C27H28FN5O3. The van der Waals surface area contributed by atoms with Crippen LogP contribution in [0.15, 0.2) is 60.8 Å². The Kier molecular flexibility index (Phi) is 6.30. The van der Waals surface area contributed by atoms with Crippen LogP contribution in [0.25, 0.3) is 16.9 Å². The van der Waals surface area contributed by atoms with Gasteiger partial charge in [0.15, 0.2) is 0 Å². The van der Waals surface area contributed by atoms with Crippen LogP contribution < -0.4 is 10.6 Å². The van der Waals surface area contributed by atoms with Crippen molar-refractivity contribution >= 4 is 17.8 Å². The lowest BCUT2D eigenvalue weighted by Gasteiger charge is -2.36. The van der Waals surface area contributed by atoms with Gasteiger partial charge in [0.25, 0.3) is 5.91 Å². The predicted octanol–water partition coefficient (Wildman–Crippen LogP) is 3.80. The molecule has 5 rings (SSSR count). The summed E-state index contributed by atoms with van der Waals surface area (Å²) in [6.07, 6.45) is 5.16. The lowest BCUT2D eigenvalue weighted by Crippen LogP contribution is -2.54. The van der Waals surface area contributed by atoms with Crippen LogP contribution in [0.5, 0.6) is 0 Å². The monoisotopic (exact) mass is 489 g/mol. The van der Waals surface area contributed by atoms with Crippen molar-refractivity contribution in [2.24, 2.45) is 5.92 Å². The molecule has 1 aromatic heterocycles. The van der Waals surface area contributed by atoms with Gasteiger partial charge in [-0.3, -0.25) is 14.5 Å². The standard InChI is InChI=1S/C27H28FN5O3/c1-18-7-5-6-14-27(18)25(35)32(26(36)30-27)17-23(34)29-15-20-16-33(22-8-3-2-4-9-22)31-24(20)19-10-12-21(28)13-11-19/h2-4,8-13,16,18H,5-7,14-15,17H2,1H3,(H,29,34)(H,30,36)/t18-,27+/m1/s1. The van der Waals surface area contributed by atoms with Gasteiger partial charge in [0.1, 0.15) is 17.9 Å². The molecule has 2 aliphatic rings. The maximum absolute atomic E-state index is 13.5. The molecule has 2 aromatic carbocycles. The first-order chi connectivity index (χ1) is 17.4. The van der Waals surface area contributed by atoms with E-state index in [-0.39, 0.29) is 30.7 Å². The molecule has 0 radical (unpaired) electrons. The van der Waals surface area contributed by atoms with E-state index in [4.69, 9.17) is 0 Å². The maximum atomic E-state index is 13.5. The minimum atomic E-state index is -0.901. The average Bonchev–Trinajstić information content (AvgIpc) is 3.41. The molecular weight excluding hydrogens is 461 g/mol. The van der Waals surface area contributed by atoms with Gasteiger partial charge in [-0.2, -0.15) is 5.10 Å². The number of aromatic nitrogens is 2. The maximum Gasteiger partial charge on any atom is 0.325 e. The van der Waals surface area contributed by atoms with E-state index in [9.17, 15) is 18.8 Å². The van der Waals surface area contributed by atoms with Gasteiger partial charge in [-0.15, -0.1) is 0 Å². The first-order valence-electron chi connectivity index (χ1n) is 12.2. The van der Waals surface area contributed by atoms with Crippen molar-refractivity contribution < 1.29 is 18.8 Å². The summed E-state index contributed by atoms with van der Waals surface area (Å²) in [6, 6.07) is 15.0. The zero-order valence-electron chi connectivity index (χ0n) is 20.0. The molecule has 2 fully saturated rings. The number of halogens is 1. The molecule has 186 valence electrons. The average molecular weight is 490 g/mol. The Bertz CT molecular complexity index is 1290. The van der Waals surface area contributed by atoms with E-state index in [0.717, 1.165) is 29.8 Å². The molecule has 8 nitrogen and oxygen atoms in total. The Morgan fingerprint density at radius 2 is 1.89 bits per heavy atom. The van der Waals surface area contributed by atoms with Crippen molar-refractivity contribution in [1.29, 1.82) is 0 Å². The van der Waals surface area contributed by atoms with Gasteiger partial charge < -0.3 is 10.6 Å². The van der Waals surface area contributed by atoms with Crippen molar-refractivity contribution in [1.82, 2.24) is 25.3 Å². The predicted molar refractivity (Wildman–Crippen MR) is 131 cm³/mol. The van der Waals surface area contributed by atoms with E-state index in [1.807, 2.05) is 37.3 Å². The Balaban J connectivity index is 1.32. The molecule has 2 atom stereocenters. The van der Waals surface area contributed by atoms with E-state index in [1.54, 1.807) is 23.0 Å². The van der Waals surface area contributed by atoms with Gasteiger partial charge in [0.2, 0.25) is 5.91 Å². The number of rotatable bonds is 6. The second-order valence-electron chi connectivity index (χ2n) is 9.51. The van der Waals surface area contributed by atoms with Gasteiger partial charge in [-0.25, -0.2) is 13.9 Å². The summed E-state index contributed by atoms with van der Waals surface area (Å²) in [5.74, 6) is -1.09. The van der Waals surface area contributed by atoms with Gasteiger partial charge in [-0.1, -0.05) is 38.0 Å². The number of carbonyl (C=O) groups is 3. The van der Waals surface area contributed by atoms with Crippen LogP contribution in [0.4, 0.5) is 9.18 Å². The molecule has 3 aromatic rings. The fourth-order valence-corrected chi connectivity index (χ4v) is 5.14. The largest absolute Gasteiger partial charge is 0.350 e. The molecule has 0 bridgehead atoms. The number of nitrogens with one attached hydrogen (secondary N) is 2. The molecule has 36 heavy (non-hydrogen) atoms. The smallest absolute Gasteiger partial charge is 0.325 e. The summed E-state index contributed by atoms with van der Waals surface area (Å²) in [4.78, 5) is 39.6. The molecule has 4 amide bonds. The first kappa shape index (κ1) is 23.7. The lowest BCUT2D eigenvalue weighted by molar-refractivity contribution is -0.137. The third-order valence-corrected chi connectivity index (χ3v) is 7.21. The molecule has 1 aliphatic heterocycles. The van der Waals surface area contributed by atoms with Crippen molar-refractivity contribution in [3.05, 3.63) is 72.2 Å². The highest BCUT2D eigenvalue weighted by Crippen LogP contribution is 2.38. The molecule has 0 unspecified atom stereocenters. The fourth-order valence-electron chi connectivity index (χ4n) is 5.14. The Morgan fingerprint density at radius 1 is 1.14 bits per heavy atom. The highest BCUT2D eigenvalue weighted by molar-refractivity contribution is 6.09. The highest BCUT2D eigenvalue weighted by Gasteiger charge is 2.55. The molecule has 1 aliphatic carbocycles. The van der Waals surface area contributed by atoms with Gasteiger partial charge >= 0.3 is 6.03 Å². The van der Waals surface area contributed by atoms with Crippen LogP contribution in [0.1, 0.15) is 38.2 Å². The Labute approximate surface area is 208 Å². The summed E-state index contributed by atoms with van der Waals surface area (Å²) in [7, 11) is 0. The van der Waals surface area contributed by atoms with E-state index in [0.29, 0.717) is 23.2 Å². The van der Waals surface area contributed by atoms with Crippen LogP contribution in [-0.2, 0) is 16.1 Å². The number of amides is 4. The van der Waals surface area contributed by atoms with E-state index < -0.39 is 17.5 Å². The molecule has 9 heteroatoms. The van der Waals surface area contributed by atoms with Gasteiger partial charge in [-0.05, 0) is 55.2 Å². The van der Waals surface area contributed by atoms with Crippen molar-refractivity contribution in [2.45, 2.75) is 44.7 Å². The number of hydrogen-bond acceptors (Lipinski definition) is 4. The normalized spacial score (nSPS) is 21.6. The quantitative estimate of drug-likeness (QED) is 0.515. The van der Waals surface area contributed by atoms with E-state index >= 15 is 0 Å². The number of urea groups is 1. The van der Waals surface area contributed by atoms with Gasteiger partial charge in [0.05, 0.1) is 11.4 Å². The lowest BCUT2D eigenvalue weighted by atomic mass is 9.73. The number of carbonyl (C=O) groups excluding carboxylic acids is 3. The molecule has 1 saturated carbocycles. The highest BCUT2D eigenvalue weighted by atomic mass is 19.1. The van der Waals surface area contributed by atoms with Crippen molar-refractivity contribution in [3.8, 4) is 16.9 Å². The van der Waals surface area contributed by atoms with E-state index in [1.165, 1.54) is 12.1 Å². The zero-order chi connectivity index (χ0) is 25.3. The number of benzene rings is 2. The van der Waals surface area contributed by atoms with Crippen LogP contribution in [0.2, 0.25) is 0 Å². The summed E-state index contributed by atoms with van der Waals surface area (Å²) in [6.45, 7) is 1.75. The van der Waals surface area contributed by atoms with E-state index in [2.05, 4.69) is 15.7 Å². The number of nitrogens with zero attached hydrogens (tertiary/aromatic N) is 3. The van der Waals surface area contributed by atoms with Crippen LogP contribution in [0, 0.1) is 11.7 Å². The minimum absolute atomic E-state index is 0.0258. The third kappa shape index (κ3) is 4.36. The number of imide groups is 1. The molecule has 1 saturated heterocycles. The second kappa shape index (κ2) is 9.56. The minimum Gasteiger partial charge on any atom is -0.350 e. The SMILES string of the molecule is C[C@@H]1CCCC[C@]12NC(=O)N(CC(=O)NCc1cn(-c3ccccc3)nc1-c1ccc(F)cc1)C2=O. The third-order valence-electron chi connectivity index (χ3n) is 7.21. The molecule has 2 N–H and O–H groups in total. The van der Waals surface area contributed by atoms with Crippen LogP contribution in [0.3, 0.4) is 0 Å². The Morgan fingerprint density at radius 3 is 2.61 bits per heavy atom. The topological polar surface area (TPSA) is 96.3 Å². The van der Waals surface area contributed by atoms with Crippen LogP contribution >= 0.6 is 0 Å². The second-order valence-corrected chi connectivity index (χ2v) is 9.51. The molecule has 2 heterocycles. The van der Waals surface area contributed by atoms with Gasteiger partial charge in [0, 0.05) is 23.9 Å². The summed E-state index contributed by atoms with van der Waals surface area (Å²) in [5.41, 5.74) is 1.96. The summed E-state index contributed by atoms with van der Waals surface area (Å²) in [5, 5.41) is 10.3. The van der Waals surface area contributed by atoms with Crippen LogP contribution in [-0.4, -0.2) is 44.6 Å². The molecule has 1 spiro atoms. The first-order valence-corrected chi connectivity index (χ1v) is 12.2. The fraction of sp³-hybridized carbons (Fsp3) is 0.333. The van der Waals surface area contributed by atoms with Crippen molar-refractivity contribution in [2.75, 3.05) is 6.54 Å². The zero-order valence-corrected chi connectivity index (χ0v) is 20.0. The Hall–Kier alpha value is -4.01. The summed E-state index contributed by atoms with van der Waals surface area (Å²) >= 11 is 0. The number of para-hydroxylation sites is 1.